The number of rotatable bonds is 3. The Morgan fingerprint density at radius 3 is 2.50 bits per heavy atom. The normalized spacial score (nSPS) is 15.1. The number of Topliss-reactive ketones (excluding diaryl/α,β-unsaturated/α-hetero) is 1. The first kappa shape index (κ1) is 16.3. The van der Waals surface area contributed by atoms with Crippen LogP contribution in [-0.4, -0.2) is 18.9 Å². The van der Waals surface area contributed by atoms with Crippen molar-refractivity contribution in [3.63, 3.8) is 0 Å². The molecule has 3 rings (SSSR count). The van der Waals surface area contributed by atoms with Gasteiger partial charge in [0.25, 0.3) is 0 Å². The maximum atomic E-state index is 11.9. The maximum absolute atomic E-state index is 11.9. The van der Waals surface area contributed by atoms with E-state index in [1.165, 1.54) is 11.1 Å². The molecule has 0 saturated carbocycles. The van der Waals surface area contributed by atoms with Gasteiger partial charge in [-0.15, -0.1) is 0 Å². The number of carbonyl (C=O) groups excluding carboxylic acids is 1. The lowest BCUT2D eigenvalue weighted by molar-refractivity contribution is 0.101. The molecule has 122 valence electrons. The highest BCUT2D eigenvalue weighted by molar-refractivity contribution is 6.00. The minimum Gasteiger partial charge on any atom is -0.371 e. The molecule has 0 amide bonds. The Labute approximate surface area is 143 Å². The second kappa shape index (κ2) is 6.88. The fourth-order valence-electron chi connectivity index (χ4n) is 3.64. The quantitative estimate of drug-likeness (QED) is 0.785. The Hall–Kier alpha value is -2.60. The summed E-state index contributed by atoms with van der Waals surface area (Å²) < 4.78 is 0. The molecule has 0 bridgehead atoms. The number of nitriles is 1. The maximum Gasteiger partial charge on any atom is 0.161 e. The molecule has 0 atom stereocenters. The standard InChI is InChI=1S/C21H22N2O/c1-15-5-3-4-6-19(15)18-9-11-23(12-10-18)21-13-17(14-22)7-8-20(21)16(2)24/h3-8,13,18H,9-12H2,1-2H3. The van der Waals surface area contributed by atoms with Gasteiger partial charge in [-0.2, -0.15) is 5.26 Å². The van der Waals surface area contributed by atoms with E-state index >= 15 is 0 Å². The lowest BCUT2D eigenvalue weighted by Crippen LogP contribution is -2.34. The number of aryl methyl sites for hydroxylation is 1. The van der Waals surface area contributed by atoms with Crippen molar-refractivity contribution in [3.05, 3.63) is 64.7 Å². The van der Waals surface area contributed by atoms with Crippen molar-refractivity contribution >= 4 is 11.5 Å². The first-order valence-electron chi connectivity index (χ1n) is 8.45. The van der Waals surface area contributed by atoms with Gasteiger partial charge in [-0.3, -0.25) is 4.79 Å². The molecule has 0 unspecified atom stereocenters. The zero-order valence-corrected chi connectivity index (χ0v) is 14.2. The monoisotopic (exact) mass is 318 g/mol. The van der Waals surface area contributed by atoms with Crippen LogP contribution in [-0.2, 0) is 0 Å². The molecule has 1 aliphatic heterocycles. The van der Waals surface area contributed by atoms with Crippen molar-refractivity contribution in [1.82, 2.24) is 0 Å². The van der Waals surface area contributed by atoms with E-state index in [-0.39, 0.29) is 5.78 Å². The Balaban J connectivity index is 1.81. The number of piperidine rings is 1. The van der Waals surface area contributed by atoms with Crippen molar-refractivity contribution in [3.8, 4) is 6.07 Å². The number of hydrogen-bond donors (Lipinski definition) is 0. The van der Waals surface area contributed by atoms with Gasteiger partial charge in [-0.25, -0.2) is 0 Å². The molecule has 2 aromatic rings. The Morgan fingerprint density at radius 2 is 1.88 bits per heavy atom. The third-order valence-electron chi connectivity index (χ3n) is 4.97. The highest BCUT2D eigenvalue weighted by atomic mass is 16.1. The van der Waals surface area contributed by atoms with Crippen LogP contribution >= 0.6 is 0 Å². The molecule has 0 radical (unpaired) electrons. The van der Waals surface area contributed by atoms with Gasteiger partial charge in [0.1, 0.15) is 0 Å². The summed E-state index contributed by atoms with van der Waals surface area (Å²) in [5.74, 6) is 0.623. The van der Waals surface area contributed by atoms with Gasteiger partial charge >= 0.3 is 0 Å². The number of benzene rings is 2. The zero-order valence-electron chi connectivity index (χ0n) is 14.2. The van der Waals surface area contributed by atoms with E-state index in [2.05, 4.69) is 42.2 Å². The van der Waals surface area contributed by atoms with Crippen LogP contribution in [0.4, 0.5) is 5.69 Å². The largest absolute Gasteiger partial charge is 0.371 e. The average molecular weight is 318 g/mol. The smallest absolute Gasteiger partial charge is 0.161 e. The summed E-state index contributed by atoms with van der Waals surface area (Å²) in [6, 6.07) is 16.1. The molecule has 0 N–H and O–H groups in total. The topological polar surface area (TPSA) is 44.1 Å². The summed E-state index contributed by atoms with van der Waals surface area (Å²) in [4.78, 5) is 14.2. The highest BCUT2D eigenvalue weighted by Crippen LogP contribution is 2.33. The van der Waals surface area contributed by atoms with E-state index in [1.54, 1.807) is 19.1 Å². The van der Waals surface area contributed by atoms with Gasteiger partial charge in [0.15, 0.2) is 5.78 Å². The SMILES string of the molecule is CC(=O)c1ccc(C#N)cc1N1CCC(c2ccccc2C)CC1. The third kappa shape index (κ3) is 3.19. The average Bonchev–Trinajstić information content (AvgIpc) is 2.61. The van der Waals surface area contributed by atoms with Crippen LogP contribution in [0.5, 0.6) is 0 Å². The Kier molecular flexibility index (Phi) is 4.66. The van der Waals surface area contributed by atoms with Crippen LogP contribution in [0.2, 0.25) is 0 Å². The van der Waals surface area contributed by atoms with Gasteiger partial charge in [0.2, 0.25) is 0 Å². The van der Waals surface area contributed by atoms with Crippen molar-refractivity contribution in [2.24, 2.45) is 0 Å². The summed E-state index contributed by atoms with van der Waals surface area (Å²) >= 11 is 0. The second-order valence-electron chi connectivity index (χ2n) is 6.52. The molecule has 1 saturated heterocycles. The van der Waals surface area contributed by atoms with Gasteiger partial charge in [0, 0.05) is 24.3 Å². The predicted molar refractivity (Wildman–Crippen MR) is 96.5 cm³/mol. The molecule has 1 aliphatic rings. The fourth-order valence-corrected chi connectivity index (χ4v) is 3.64. The van der Waals surface area contributed by atoms with Crippen molar-refractivity contribution in [1.29, 1.82) is 5.26 Å². The lowest BCUT2D eigenvalue weighted by Gasteiger charge is -2.35. The summed E-state index contributed by atoms with van der Waals surface area (Å²) in [5, 5.41) is 9.16. The molecular formula is C21H22N2O. The summed E-state index contributed by atoms with van der Waals surface area (Å²) in [6.45, 7) is 5.58. The van der Waals surface area contributed by atoms with Crippen molar-refractivity contribution < 1.29 is 4.79 Å². The van der Waals surface area contributed by atoms with Crippen LogP contribution in [0.1, 0.15) is 52.7 Å². The van der Waals surface area contributed by atoms with Crippen LogP contribution in [0, 0.1) is 18.3 Å². The molecule has 2 aromatic carbocycles. The van der Waals surface area contributed by atoms with E-state index in [9.17, 15) is 4.79 Å². The van der Waals surface area contributed by atoms with Crippen LogP contribution in [0.3, 0.4) is 0 Å². The van der Waals surface area contributed by atoms with Crippen molar-refractivity contribution in [2.75, 3.05) is 18.0 Å². The highest BCUT2D eigenvalue weighted by Gasteiger charge is 2.24. The molecule has 0 aromatic heterocycles. The molecule has 0 spiro atoms. The van der Waals surface area contributed by atoms with Crippen LogP contribution in [0.15, 0.2) is 42.5 Å². The van der Waals surface area contributed by atoms with Gasteiger partial charge in [-0.05, 0) is 61.9 Å². The van der Waals surface area contributed by atoms with Gasteiger partial charge in [-0.1, -0.05) is 24.3 Å². The number of anilines is 1. The van der Waals surface area contributed by atoms with Gasteiger partial charge < -0.3 is 4.90 Å². The molecular weight excluding hydrogens is 296 g/mol. The van der Waals surface area contributed by atoms with Crippen LogP contribution in [0.25, 0.3) is 0 Å². The summed E-state index contributed by atoms with van der Waals surface area (Å²) in [6.07, 6.45) is 2.14. The fraction of sp³-hybridized carbons (Fsp3) is 0.333. The molecule has 1 heterocycles. The first-order chi connectivity index (χ1) is 11.6. The van der Waals surface area contributed by atoms with E-state index in [0.717, 1.165) is 31.6 Å². The van der Waals surface area contributed by atoms with E-state index in [4.69, 9.17) is 5.26 Å². The molecule has 0 aliphatic carbocycles. The number of nitrogens with zero attached hydrogens (tertiary/aromatic N) is 2. The molecule has 3 heteroatoms. The lowest BCUT2D eigenvalue weighted by atomic mass is 9.86. The van der Waals surface area contributed by atoms with E-state index < -0.39 is 0 Å². The summed E-state index contributed by atoms with van der Waals surface area (Å²) in [7, 11) is 0. The minimum absolute atomic E-state index is 0.0514. The first-order valence-corrected chi connectivity index (χ1v) is 8.45. The van der Waals surface area contributed by atoms with Gasteiger partial charge in [0.05, 0.1) is 11.6 Å². The molecule has 3 nitrogen and oxygen atoms in total. The Bertz CT molecular complexity index is 796. The van der Waals surface area contributed by atoms with Crippen molar-refractivity contribution in [2.45, 2.75) is 32.6 Å². The third-order valence-corrected chi connectivity index (χ3v) is 4.97. The number of hydrogen-bond acceptors (Lipinski definition) is 3. The number of carbonyl (C=O) groups is 1. The van der Waals surface area contributed by atoms with E-state index in [1.807, 2.05) is 6.07 Å². The summed E-state index contributed by atoms with van der Waals surface area (Å²) in [5.41, 5.74) is 5.02. The zero-order chi connectivity index (χ0) is 17.1. The molecule has 1 fully saturated rings. The predicted octanol–water partition coefficient (Wildman–Crippen LogP) is 4.45. The molecule has 24 heavy (non-hydrogen) atoms. The Morgan fingerprint density at radius 1 is 1.17 bits per heavy atom. The minimum atomic E-state index is 0.0514. The van der Waals surface area contributed by atoms with E-state index in [0.29, 0.717) is 17.0 Å². The van der Waals surface area contributed by atoms with Crippen LogP contribution < -0.4 is 4.90 Å². The number of ketones is 1. The second-order valence-corrected chi connectivity index (χ2v) is 6.52.